The quantitative estimate of drug-likeness (QED) is 0.871. The Labute approximate surface area is 118 Å². The van der Waals surface area contributed by atoms with Crippen molar-refractivity contribution < 1.29 is 0 Å². The highest BCUT2D eigenvalue weighted by molar-refractivity contribution is 7.80. The van der Waals surface area contributed by atoms with Gasteiger partial charge >= 0.3 is 0 Å². The number of thiocarbonyl (C=S) groups is 1. The first kappa shape index (κ1) is 12.4. The van der Waals surface area contributed by atoms with E-state index in [0.29, 0.717) is 11.0 Å². The summed E-state index contributed by atoms with van der Waals surface area (Å²) in [6.45, 7) is 0.722. The van der Waals surface area contributed by atoms with Crippen molar-refractivity contribution in [2.45, 2.75) is 38.3 Å². The standard InChI is InChI=1S/C14H18N4S/c15-14(19)13-6-3-8-17(13)10-11-7-9-18(16-11)12-4-1-2-5-12/h3,6-9,12H,1-2,4-5,10H2,(H2,15,19). The summed E-state index contributed by atoms with van der Waals surface area (Å²) in [5.74, 6) is 0. The van der Waals surface area contributed by atoms with Crippen LogP contribution in [0.1, 0.15) is 43.1 Å². The maximum Gasteiger partial charge on any atom is 0.120 e. The van der Waals surface area contributed by atoms with E-state index >= 15 is 0 Å². The van der Waals surface area contributed by atoms with Crippen LogP contribution in [0, 0.1) is 0 Å². The molecule has 0 atom stereocenters. The second-order valence-electron chi connectivity index (χ2n) is 5.11. The molecular formula is C14H18N4S. The van der Waals surface area contributed by atoms with Gasteiger partial charge in [-0.25, -0.2) is 0 Å². The fourth-order valence-corrected chi connectivity index (χ4v) is 2.97. The van der Waals surface area contributed by atoms with Gasteiger partial charge in [-0.05, 0) is 31.0 Å². The summed E-state index contributed by atoms with van der Waals surface area (Å²) < 4.78 is 4.16. The minimum Gasteiger partial charge on any atom is -0.388 e. The van der Waals surface area contributed by atoms with Crippen molar-refractivity contribution in [2.75, 3.05) is 0 Å². The van der Waals surface area contributed by atoms with Crippen LogP contribution in [0.5, 0.6) is 0 Å². The first-order chi connectivity index (χ1) is 9.24. The molecule has 3 rings (SSSR count). The topological polar surface area (TPSA) is 48.8 Å². The minimum atomic E-state index is 0.431. The van der Waals surface area contributed by atoms with E-state index in [9.17, 15) is 0 Å². The Bertz CT molecular complexity index is 578. The molecule has 5 heteroatoms. The van der Waals surface area contributed by atoms with Crippen LogP contribution in [0.4, 0.5) is 0 Å². The van der Waals surface area contributed by atoms with Crippen molar-refractivity contribution in [2.24, 2.45) is 5.73 Å². The van der Waals surface area contributed by atoms with Crippen molar-refractivity contribution in [3.05, 3.63) is 42.0 Å². The van der Waals surface area contributed by atoms with Gasteiger partial charge in [-0.3, -0.25) is 4.68 Å². The molecule has 0 amide bonds. The van der Waals surface area contributed by atoms with E-state index in [0.717, 1.165) is 17.9 Å². The van der Waals surface area contributed by atoms with Gasteiger partial charge in [-0.1, -0.05) is 25.1 Å². The van der Waals surface area contributed by atoms with E-state index in [2.05, 4.69) is 22.0 Å². The molecule has 0 aromatic carbocycles. The first-order valence-corrected chi connectivity index (χ1v) is 7.14. The second-order valence-corrected chi connectivity index (χ2v) is 5.55. The van der Waals surface area contributed by atoms with E-state index < -0.39 is 0 Å². The molecule has 100 valence electrons. The molecule has 2 N–H and O–H groups in total. The minimum absolute atomic E-state index is 0.431. The van der Waals surface area contributed by atoms with Gasteiger partial charge in [-0.15, -0.1) is 0 Å². The summed E-state index contributed by atoms with van der Waals surface area (Å²) >= 11 is 5.04. The zero-order chi connectivity index (χ0) is 13.2. The number of nitrogens with zero attached hydrogens (tertiary/aromatic N) is 3. The van der Waals surface area contributed by atoms with Gasteiger partial charge in [0.15, 0.2) is 0 Å². The molecule has 0 spiro atoms. The lowest BCUT2D eigenvalue weighted by molar-refractivity contribution is 0.461. The van der Waals surface area contributed by atoms with Gasteiger partial charge in [0.1, 0.15) is 4.99 Å². The molecule has 2 aromatic rings. The molecule has 1 fully saturated rings. The van der Waals surface area contributed by atoms with Crippen LogP contribution < -0.4 is 5.73 Å². The third-order valence-electron chi connectivity index (χ3n) is 3.78. The summed E-state index contributed by atoms with van der Waals surface area (Å²) in [6, 6.07) is 6.58. The molecule has 19 heavy (non-hydrogen) atoms. The molecule has 2 aromatic heterocycles. The smallest absolute Gasteiger partial charge is 0.120 e. The lowest BCUT2D eigenvalue weighted by Crippen LogP contribution is -2.16. The monoisotopic (exact) mass is 274 g/mol. The third kappa shape index (κ3) is 2.56. The molecule has 0 aliphatic heterocycles. The maximum absolute atomic E-state index is 5.70. The van der Waals surface area contributed by atoms with Crippen LogP contribution in [0.25, 0.3) is 0 Å². The zero-order valence-electron chi connectivity index (χ0n) is 10.8. The number of hydrogen-bond donors (Lipinski definition) is 1. The van der Waals surface area contributed by atoms with Crippen molar-refractivity contribution in [3.63, 3.8) is 0 Å². The van der Waals surface area contributed by atoms with Gasteiger partial charge < -0.3 is 10.3 Å². The molecular weight excluding hydrogens is 256 g/mol. The number of aromatic nitrogens is 3. The summed E-state index contributed by atoms with van der Waals surface area (Å²) in [5, 5.41) is 4.68. The van der Waals surface area contributed by atoms with Crippen LogP contribution in [0.3, 0.4) is 0 Å². The molecule has 2 heterocycles. The predicted octanol–water partition coefficient (Wildman–Crippen LogP) is 2.48. The first-order valence-electron chi connectivity index (χ1n) is 6.73. The van der Waals surface area contributed by atoms with Crippen molar-refractivity contribution >= 4 is 17.2 Å². The van der Waals surface area contributed by atoms with Crippen LogP contribution in [0.15, 0.2) is 30.6 Å². The average Bonchev–Trinajstić information content (AvgIpc) is 3.09. The molecule has 0 saturated heterocycles. The molecule has 0 radical (unpaired) electrons. The Morgan fingerprint density at radius 1 is 1.32 bits per heavy atom. The van der Waals surface area contributed by atoms with Crippen molar-refractivity contribution in [1.29, 1.82) is 0 Å². The van der Waals surface area contributed by atoms with Crippen LogP contribution in [-0.4, -0.2) is 19.3 Å². The molecule has 1 saturated carbocycles. The number of rotatable bonds is 4. The Hall–Kier alpha value is -1.62. The zero-order valence-corrected chi connectivity index (χ0v) is 11.6. The van der Waals surface area contributed by atoms with E-state index in [1.54, 1.807) is 0 Å². The van der Waals surface area contributed by atoms with Crippen LogP contribution in [0.2, 0.25) is 0 Å². The lowest BCUT2D eigenvalue weighted by Gasteiger charge is -2.09. The molecule has 0 unspecified atom stereocenters. The summed E-state index contributed by atoms with van der Waals surface area (Å²) in [4.78, 5) is 0.431. The van der Waals surface area contributed by atoms with E-state index in [4.69, 9.17) is 18.0 Å². The highest BCUT2D eigenvalue weighted by Gasteiger charge is 2.17. The van der Waals surface area contributed by atoms with E-state index in [1.807, 2.05) is 22.9 Å². The molecule has 4 nitrogen and oxygen atoms in total. The molecule has 1 aliphatic rings. The van der Waals surface area contributed by atoms with Gasteiger partial charge in [0, 0.05) is 12.4 Å². The van der Waals surface area contributed by atoms with Gasteiger partial charge in [0.25, 0.3) is 0 Å². The van der Waals surface area contributed by atoms with Gasteiger partial charge in [0.05, 0.1) is 24.0 Å². The Morgan fingerprint density at radius 3 is 2.84 bits per heavy atom. The SMILES string of the molecule is NC(=S)c1cccn1Cc1ccn(C2CCCC2)n1. The number of hydrogen-bond acceptors (Lipinski definition) is 2. The Kier molecular flexibility index (Phi) is 3.38. The summed E-state index contributed by atoms with van der Waals surface area (Å²) in [6.07, 6.45) is 9.23. The van der Waals surface area contributed by atoms with Gasteiger partial charge in [-0.2, -0.15) is 5.10 Å². The highest BCUT2D eigenvalue weighted by Crippen LogP contribution is 2.28. The molecule has 1 aliphatic carbocycles. The lowest BCUT2D eigenvalue weighted by atomic mass is 10.3. The van der Waals surface area contributed by atoms with Crippen molar-refractivity contribution in [1.82, 2.24) is 14.3 Å². The highest BCUT2D eigenvalue weighted by atomic mass is 32.1. The van der Waals surface area contributed by atoms with Crippen LogP contribution >= 0.6 is 12.2 Å². The van der Waals surface area contributed by atoms with Crippen molar-refractivity contribution in [3.8, 4) is 0 Å². The summed E-state index contributed by atoms with van der Waals surface area (Å²) in [5.41, 5.74) is 7.65. The fourth-order valence-electron chi connectivity index (χ4n) is 2.78. The second kappa shape index (κ2) is 5.17. The number of nitrogens with two attached hydrogens (primary N) is 1. The summed E-state index contributed by atoms with van der Waals surface area (Å²) in [7, 11) is 0. The van der Waals surface area contributed by atoms with E-state index in [-0.39, 0.29) is 0 Å². The maximum atomic E-state index is 5.70. The average molecular weight is 274 g/mol. The normalized spacial score (nSPS) is 16.0. The van der Waals surface area contributed by atoms with E-state index in [1.165, 1.54) is 25.7 Å². The van der Waals surface area contributed by atoms with Gasteiger partial charge in [0.2, 0.25) is 0 Å². The molecule has 0 bridgehead atoms. The predicted molar refractivity (Wildman–Crippen MR) is 79.2 cm³/mol. The largest absolute Gasteiger partial charge is 0.388 e. The third-order valence-corrected chi connectivity index (χ3v) is 3.99. The Morgan fingerprint density at radius 2 is 2.11 bits per heavy atom. The van der Waals surface area contributed by atoms with Crippen LogP contribution in [-0.2, 0) is 6.54 Å². The Balaban J connectivity index is 1.76. The fraction of sp³-hybridized carbons (Fsp3) is 0.429.